The predicted octanol–water partition coefficient (Wildman–Crippen LogP) is 2.76. The zero-order valence-electron chi connectivity index (χ0n) is 11.4. The van der Waals surface area contributed by atoms with Gasteiger partial charge in [0.25, 0.3) is 0 Å². The summed E-state index contributed by atoms with van der Waals surface area (Å²) in [6.45, 7) is 11.5. The van der Waals surface area contributed by atoms with Crippen molar-refractivity contribution in [1.29, 1.82) is 0 Å². The average molecular weight is 239 g/mol. The average Bonchev–Trinajstić information content (AvgIpc) is 2.64. The number of hydrogen-bond donors (Lipinski definition) is 0. The lowest BCUT2D eigenvalue weighted by Crippen LogP contribution is -2.40. The maximum atomic E-state index is 12.0. The Hall–Kier alpha value is -0.830. The highest BCUT2D eigenvalue weighted by atomic mass is 16.6. The minimum absolute atomic E-state index is 0.0287. The molecule has 0 aliphatic carbocycles. The Kier molecular flexibility index (Phi) is 5.19. The number of esters is 1. The van der Waals surface area contributed by atoms with Gasteiger partial charge in [0.05, 0.1) is 0 Å². The highest BCUT2D eigenvalue weighted by Gasteiger charge is 2.33. The van der Waals surface area contributed by atoms with Crippen LogP contribution in [0.5, 0.6) is 0 Å². The Labute approximate surface area is 105 Å². The summed E-state index contributed by atoms with van der Waals surface area (Å²) in [6.07, 6.45) is 6.04. The van der Waals surface area contributed by atoms with Gasteiger partial charge < -0.3 is 4.74 Å². The zero-order chi connectivity index (χ0) is 12.9. The Balaban J connectivity index is 2.45. The number of hydrogen-bond acceptors (Lipinski definition) is 3. The maximum Gasteiger partial charge on any atom is 0.323 e. The molecule has 0 saturated carbocycles. The minimum Gasteiger partial charge on any atom is -0.459 e. The fraction of sp³-hybridized carbons (Fsp3) is 0.786. The fourth-order valence-electron chi connectivity index (χ4n) is 2.17. The first-order valence-corrected chi connectivity index (χ1v) is 6.52. The number of carbonyl (C=O) groups excluding carboxylic acids is 1. The van der Waals surface area contributed by atoms with E-state index in [1.807, 2.05) is 26.8 Å². The van der Waals surface area contributed by atoms with E-state index in [1.54, 1.807) is 0 Å². The number of ether oxygens (including phenoxy) is 1. The van der Waals surface area contributed by atoms with Crippen molar-refractivity contribution in [3.05, 3.63) is 12.7 Å². The van der Waals surface area contributed by atoms with Crippen LogP contribution in [-0.4, -0.2) is 35.6 Å². The first-order valence-electron chi connectivity index (χ1n) is 6.52. The van der Waals surface area contributed by atoms with Crippen LogP contribution in [0.1, 0.15) is 46.5 Å². The third-order valence-electron chi connectivity index (χ3n) is 2.90. The Bertz CT molecular complexity index is 268. The van der Waals surface area contributed by atoms with Crippen molar-refractivity contribution in [1.82, 2.24) is 4.90 Å². The van der Waals surface area contributed by atoms with Crippen LogP contribution in [0.15, 0.2) is 12.7 Å². The van der Waals surface area contributed by atoms with Gasteiger partial charge in [0, 0.05) is 0 Å². The third kappa shape index (κ3) is 4.90. The molecule has 1 aliphatic heterocycles. The molecule has 1 heterocycles. The van der Waals surface area contributed by atoms with Crippen LogP contribution >= 0.6 is 0 Å². The normalized spacial score (nSPS) is 21.5. The largest absolute Gasteiger partial charge is 0.459 e. The van der Waals surface area contributed by atoms with Gasteiger partial charge in [-0.3, -0.25) is 9.69 Å². The second-order valence-corrected chi connectivity index (χ2v) is 5.66. The number of rotatable bonds is 5. The molecule has 0 aromatic rings. The molecule has 3 nitrogen and oxygen atoms in total. The van der Waals surface area contributed by atoms with E-state index in [1.165, 1.54) is 0 Å². The smallest absolute Gasteiger partial charge is 0.323 e. The van der Waals surface area contributed by atoms with E-state index in [-0.39, 0.29) is 17.6 Å². The topological polar surface area (TPSA) is 29.5 Å². The van der Waals surface area contributed by atoms with Crippen molar-refractivity contribution >= 4 is 5.97 Å². The predicted molar refractivity (Wildman–Crippen MR) is 69.9 cm³/mol. The van der Waals surface area contributed by atoms with Gasteiger partial charge in [-0.15, -0.1) is 6.58 Å². The third-order valence-corrected chi connectivity index (χ3v) is 2.90. The van der Waals surface area contributed by atoms with Crippen molar-refractivity contribution in [3.63, 3.8) is 0 Å². The molecule has 0 unspecified atom stereocenters. The van der Waals surface area contributed by atoms with Gasteiger partial charge in [0.15, 0.2) is 0 Å². The van der Waals surface area contributed by atoms with Gasteiger partial charge in [0.2, 0.25) is 0 Å². The quantitative estimate of drug-likeness (QED) is 0.420. The van der Waals surface area contributed by atoms with E-state index >= 15 is 0 Å². The van der Waals surface area contributed by atoms with E-state index in [0.717, 1.165) is 38.8 Å². The minimum atomic E-state index is -0.382. The molecule has 3 heteroatoms. The summed E-state index contributed by atoms with van der Waals surface area (Å²) in [5.74, 6) is -0.0615. The van der Waals surface area contributed by atoms with Crippen LogP contribution in [0, 0.1) is 0 Å². The Morgan fingerprint density at radius 3 is 2.82 bits per heavy atom. The molecule has 0 bridgehead atoms. The molecule has 17 heavy (non-hydrogen) atoms. The molecule has 1 saturated heterocycles. The van der Waals surface area contributed by atoms with Crippen molar-refractivity contribution in [3.8, 4) is 0 Å². The lowest BCUT2D eigenvalue weighted by atomic mass is 10.1. The molecule has 1 atom stereocenters. The van der Waals surface area contributed by atoms with E-state index in [4.69, 9.17) is 4.74 Å². The maximum absolute atomic E-state index is 12.0. The van der Waals surface area contributed by atoms with Crippen molar-refractivity contribution in [2.24, 2.45) is 0 Å². The van der Waals surface area contributed by atoms with Gasteiger partial charge in [-0.1, -0.05) is 6.08 Å². The molecule has 98 valence electrons. The Morgan fingerprint density at radius 2 is 2.24 bits per heavy atom. The second-order valence-electron chi connectivity index (χ2n) is 5.66. The van der Waals surface area contributed by atoms with Crippen LogP contribution in [-0.2, 0) is 9.53 Å². The molecule has 1 fully saturated rings. The summed E-state index contributed by atoms with van der Waals surface area (Å²) in [6, 6.07) is -0.0287. The standard InChI is InChI=1S/C14H25NO2/c1-5-6-7-10-15-11-8-9-12(15)13(16)17-14(2,3)4/h5,12H,1,6-11H2,2-4H3/t12-/m1/s1. The van der Waals surface area contributed by atoms with Gasteiger partial charge in [-0.2, -0.15) is 0 Å². The van der Waals surface area contributed by atoms with Crippen LogP contribution in [0.25, 0.3) is 0 Å². The lowest BCUT2D eigenvalue weighted by Gasteiger charge is -2.27. The van der Waals surface area contributed by atoms with E-state index < -0.39 is 0 Å². The fourth-order valence-corrected chi connectivity index (χ4v) is 2.17. The van der Waals surface area contributed by atoms with Gasteiger partial charge in [0.1, 0.15) is 11.6 Å². The molecular formula is C14H25NO2. The van der Waals surface area contributed by atoms with Crippen LogP contribution in [0.2, 0.25) is 0 Å². The molecular weight excluding hydrogens is 214 g/mol. The van der Waals surface area contributed by atoms with Gasteiger partial charge in [-0.05, 0) is 59.5 Å². The first-order chi connectivity index (χ1) is 7.94. The second kappa shape index (κ2) is 6.20. The molecule has 0 aromatic carbocycles. The summed E-state index contributed by atoms with van der Waals surface area (Å²) in [5, 5.41) is 0. The summed E-state index contributed by atoms with van der Waals surface area (Å²) < 4.78 is 5.46. The summed E-state index contributed by atoms with van der Waals surface area (Å²) in [4.78, 5) is 14.3. The van der Waals surface area contributed by atoms with E-state index in [0.29, 0.717) is 0 Å². The number of nitrogens with zero attached hydrogens (tertiary/aromatic N) is 1. The number of unbranched alkanes of at least 4 members (excludes halogenated alkanes) is 1. The van der Waals surface area contributed by atoms with Gasteiger partial charge in [-0.25, -0.2) is 0 Å². The van der Waals surface area contributed by atoms with Crippen LogP contribution in [0.3, 0.4) is 0 Å². The molecule has 1 aliphatic rings. The SMILES string of the molecule is C=CCCCN1CCC[C@@H]1C(=O)OC(C)(C)C. The molecule has 0 aromatic heterocycles. The van der Waals surface area contributed by atoms with Crippen LogP contribution in [0.4, 0.5) is 0 Å². The van der Waals surface area contributed by atoms with E-state index in [9.17, 15) is 4.79 Å². The molecule has 0 amide bonds. The van der Waals surface area contributed by atoms with Crippen molar-refractivity contribution in [2.75, 3.05) is 13.1 Å². The van der Waals surface area contributed by atoms with E-state index in [2.05, 4.69) is 11.5 Å². The highest BCUT2D eigenvalue weighted by molar-refractivity contribution is 5.76. The highest BCUT2D eigenvalue weighted by Crippen LogP contribution is 2.21. The Morgan fingerprint density at radius 1 is 1.53 bits per heavy atom. The van der Waals surface area contributed by atoms with Crippen LogP contribution < -0.4 is 0 Å². The summed E-state index contributed by atoms with van der Waals surface area (Å²) >= 11 is 0. The molecule has 0 radical (unpaired) electrons. The summed E-state index contributed by atoms with van der Waals surface area (Å²) in [5.41, 5.74) is -0.382. The summed E-state index contributed by atoms with van der Waals surface area (Å²) in [7, 11) is 0. The number of likely N-dealkylation sites (tertiary alicyclic amines) is 1. The molecule has 0 spiro atoms. The molecule has 1 rings (SSSR count). The monoisotopic (exact) mass is 239 g/mol. The zero-order valence-corrected chi connectivity index (χ0v) is 11.4. The number of allylic oxidation sites excluding steroid dienone is 1. The lowest BCUT2D eigenvalue weighted by molar-refractivity contribution is -0.160. The molecule has 0 N–H and O–H groups in total. The van der Waals surface area contributed by atoms with Gasteiger partial charge >= 0.3 is 5.97 Å². The van der Waals surface area contributed by atoms with Crippen molar-refractivity contribution in [2.45, 2.75) is 58.1 Å². The number of carbonyl (C=O) groups is 1. The van der Waals surface area contributed by atoms with Crippen molar-refractivity contribution < 1.29 is 9.53 Å². The first kappa shape index (κ1) is 14.2.